The molecular formula is C22H31ClN2O5S. The van der Waals surface area contributed by atoms with Crippen LogP contribution in [0.15, 0.2) is 24.3 Å². The van der Waals surface area contributed by atoms with E-state index in [-0.39, 0.29) is 35.8 Å². The average molecular weight is 471 g/mol. The van der Waals surface area contributed by atoms with E-state index in [4.69, 9.17) is 16.3 Å². The summed E-state index contributed by atoms with van der Waals surface area (Å²) in [5, 5.41) is 6.35. The maximum atomic E-state index is 12.9. The zero-order chi connectivity index (χ0) is 22.8. The number of hydrogen-bond donors (Lipinski definition) is 2. The van der Waals surface area contributed by atoms with E-state index in [2.05, 4.69) is 10.6 Å². The summed E-state index contributed by atoms with van der Waals surface area (Å²) < 4.78 is 28.9. The molecule has 9 heteroatoms. The molecule has 2 unspecified atom stereocenters. The Kier molecular flexibility index (Phi) is 7.21. The molecule has 1 aliphatic carbocycles. The lowest BCUT2D eigenvalue weighted by molar-refractivity contribution is -0.125. The Morgan fingerprint density at radius 3 is 2.39 bits per heavy atom. The van der Waals surface area contributed by atoms with E-state index in [1.807, 2.05) is 24.3 Å². The summed E-state index contributed by atoms with van der Waals surface area (Å²) in [6, 6.07) is 6.90. The highest BCUT2D eigenvalue weighted by atomic mass is 35.5. The van der Waals surface area contributed by atoms with E-state index in [0.717, 1.165) is 12.8 Å². The van der Waals surface area contributed by atoms with Crippen molar-refractivity contribution >= 4 is 33.4 Å². The van der Waals surface area contributed by atoms with Gasteiger partial charge in [0.15, 0.2) is 9.84 Å². The van der Waals surface area contributed by atoms with Crippen molar-refractivity contribution in [3.8, 4) is 0 Å². The second-order valence-corrected chi connectivity index (χ2v) is 12.3. The number of carbonyl (C=O) groups is 2. The van der Waals surface area contributed by atoms with E-state index in [0.29, 0.717) is 17.4 Å². The Labute approximate surface area is 189 Å². The number of nitrogens with one attached hydrogen (secondary N) is 2. The molecule has 31 heavy (non-hydrogen) atoms. The topological polar surface area (TPSA) is 102 Å². The van der Waals surface area contributed by atoms with Gasteiger partial charge in [0.2, 0.25) is 5.91 Å². The molecule has 3 rings (SSSR count). The van der Waals surface area contributed by atoms with Crippen molar-refractivity contribution in [2.75, 3.05) is 11.5 Å². The first-order valence-electron chi connectivity index (χ1n) is 10.7. The van der Waals surface area contributed by atoms with Gasteiger partial charge in [0.1, 0.15) is 11.6 Å². The molecule has 0 aromatic heterocycles. The van der Waals surface area contributed by atoms with Crippen LogP contribution in [0.25, 0.3) is 0 Å². The Hall–Kier alpha value is -1.80. The molecule has 0 radical (unpaired) electrons. The summed E-state index contributed by atoms with van der Waals surface area (Å²) in [4.78, 5) is 25.2. The van der Waals surface area contributed by atoms with Crippen LogP contribution in [0.1, 0.15) is 57.9 Å². The SMILES string of the molecule is CC(C)(C)OC(=O)NC(CC1CCS(=O)(=O)C1)C(=O)NC1CC(c2ccc(Cl)cc2)C1. The molecule has 172 valence electrons. The number of amides is 2. The fraction of sp³-hybridized carbons (Fsp3) is 0.636. The van der Waals surface area contributed by atoms with Crippen molar-refractivity contribution in [3.63, 3.8) is 0 Å². The van der Waals surface area contributed by atoms with E-state index >= 15 is 0 Å². The van der Waals surface area contributed by atoms with E-state index in [1.54, 1.807) is 20.8 Å². The summed E-state index contributed by atoms with van der Waals surface area (Å²) >= 11 is 5.94. The van der Waals surface area contributed by atoms with Crippen LogP contribution >= 0.6 is 11.6 Å². The van der Waals surface area contributed by atoms with Crippen molar-refractivity contribution in [2.24, 2.45) is 5.92 Å². The fourth-order valence-electron chi connectivity index (χ4n) is 4.12. The van der Waals surface area contributed by atoms with Crippen LogP contribution in [0.5, 0.6) is 0 Å². The van der Waals surface area contributed by atoms with Crippen molar-refractivity contribution in [3.05, 3.63) is 34.9 Å². The van der Waals surface area contributed by atoms with E-state index in [1.165, 1.54) is 5.56 Å². The van der Waals surface area contributed by atoms with E-state index in [9.17, 15) is 18.0 Å². The molecule has 2 amide bonds. The smallest absolute Gasteiger partial charge is 0.408 e. The monoisotopic (exact) mass is 470 g/mol. The summed E-state index contributed by atoms with van der Waals surface area (Å²) in [6.07, 6.45) is 1.72. The quantitative estimate of drug-likeness (QED) is 0.663. The zero-order valence-corrected chi connectivity index (χ0v) is 19.8. The molecule has 0 bridgehead atoms. The van der Waals surface area contributed by atoms with Gasteiger partial charge in [0, 0.05) is 11.1 Å². The first kappa shape index (κ1) is 23.9. The molecule has 1 aromatic rings. The average Bonchev–Trinajstić information content (AvgIpc) is 2.95. The van der Waals surface area contributed by atoms with Gasteiger partial charge >= 0.3 is 6.09 Å². The summed E-state index contributed by atoms with van der Waals surface area (Å²) in [5.41, 5.74) is 0.496. The third-order valence-corrected chi connectivity index (χ3v) is 7.82. The number of halogens is 1. The zero-order valence-electron chi connectivity index (χ0n) is 18.2. The van der Waals surface area contributed by atoms with Gasteiger partial charge in [-0.1, -0.05) is 23.7 Å². The lowest BCUT2D eigenvalue weighted by Gasteiger charge is -2.37. The maximum Gasteiger partial charge on any atom is 0.408 e. The van der Waals surface area contributed by atoms with Crippen LogP contribution in [0.2, 0.25) is 5.02 Å². The number of sulfone groups is 1. The van der Waals surface area contributed by atoms with Gasteiger partial charge in [0.05, 0.1) is 11.5 Å². The largest absolute Gasteiger partial charge is 0.444 e. The van der Waals surface area contributed by atoms with E-state index < -0.39 is 27.6 Å². The lowest BCUT2D eigenvalue weighted by Crippen LogP contribution is -2.53. The molecular weight excluding hydrogens is 440 g/mol. The Morgan fingerprint density at radius 2 is 1.84 bits per heavy atom. The van der Waals surface area contributed by atoms with Gasteiger partial charge in [0.25, 0.3) is 0 Å². The maximum absolute atomic E-state index is 12.9. The van der Waals surface area contributed by atoms with Gasteiger partial charge in [-0.05, 0) is 76.0 Å². The molecule has 2 atom stereocenters. The van der Waals surface area contributed by atoms with Gasteiger partial charge in [-0.25, -0.2) is 13.2 Å². The predicted molar refractivity (Wildman–Crippen MR) is 120 cm³/mol. The molecule has 2 aliphatic rings. The third kappa shape index (κ3) is 7.10. The Balaban J connectivity index is 1.57. The first-order valence-corrected chi connectivity index (χ1v) is 12.9. The van der Waals surface area contributed by atoms with Crippen molar-refractivity contribution in [1.29, 1.82) is 0 Å². The molecule has 1 saturated heterocycles. The highest BCUT2D eigenvalue weighted by Gasteiger charge is 2.36. The Morgan fingerprint density at radius 1 is 1.19 bits per heavy atom. The van der Waals surface area contributed by atoms with Crippen LogP contribution in [-0.2, 0) is 19.4 Å². The van der Waals surface area contributed by atoms with Crippen LogP contribution in [0, 0.1) is 5.92 Å². The van der Waals surface area contributed by atoms with Crippen molar-refractivity contribution in [1.82, 2.24) is 10.6 Å². The molecule has 2 N–H and O–H groups in total. The predicted octanol–water partition coefficient (Wildman–Crippen LogP) is 3.42. The normalized spacial score (nSPS) is 25.9. The standard InChI is InChI=1S/C22H31ClN2O5S/c1-22(2,3)30-21(27)25-19(10-14-8-9-31(28,29)13-14)20(26)24-18-11-16(12-18)15-4-6-17(23)7-5-15/h4-7,14,16,18-19H,8-13H2,1-3H3,(H,24,26)(H,25,27). The van der Waals surface area contributed by atoms with Gasteiger partial charge < -0.3 is 15.4 Å². The number of carbonyl (C=O) groups excluding carboxylic acids is 2. The minimum absolute atomic E-state index is 0.0171. The summed E-state index contributed by atoms with van der Waals surface area (Å²) in [6.45, 7) is 5.24. The molecule has 1 saturated carbocycles. The van der Waals surface area contributed by atoms with Crippen LogP contribution in [0.3, 0.4) is 0 Å². The number of benzene rings is 1. The third-order valence-electron chi connectivity index (χ3n) is 5.73. The molecule has 2 fully saturated rings. The van der Waals surface area contributed by atoms with Gasteiger partial charge in [-0.15, -0.1) is 0 Å². The number of hydrogen-bond acceptors (Lipinski definition) is 5. The highest BCUT2D eigenvalue weighted by molar-refractivity contribution is 7.91. The minimum Gasteiger partial charge on any atom is -0.444 e. The molecule has 0 spiro atoms. The Bertz CT molecular complexity index is 905. The van der Waals surface area contributed by atoms with Crippen LogP contribution in [-0.4, -0.2) is 49.6 Å². The second kappa shape index (κ2) is 9.36. The number of rotatable bonds is 6. The minimum atomic E-state index is -3.07. The lowest BCUT2D eigenvalue weighted by atomic mass is 9.76. The molecule has 7 nitrogen and oxygen atoms in total. The fourth-order valence-corrected chi connectivity index (χ4v) is 6.12. The molecule has 1 aliphatic heterocycles. The first-order chi connectivity index (χ1) is 14.4. The second-order valence-electron chi connectivity index (χ2n) is 9.63. The van der Waals surface area contributed by atoms with Crippen LogP contribution in [0.4, 0.5) is 4.79 Å². The molecule has 1 heterocycles. The summed E-state index contributed by atoms with van der Waals surface area (Å²) in [5.74, 6) is 0.0898. The van der Waals surface area contributed by atoms with Crippen molar-refractivity contribution < 1.29 is 22.7 Å². The van der Waals surface area contributed by atoms with Gasteiger partial charge in [-0.2, -0.15) is 0 Å². The summed E-state index contributed by atoms with van der Waals surface area (Å²) in [7, 11) is -3.07. The van der Waals surface area contributed by atoms with Crippen LogP contribution < -0.4 is 10.6 Å². The van der Waals surface area contributed by atoms with Crippen molar-refractivity contribution in [2.45, 2.75) is 70.1 Å². The number of ether oxygens (including phenoxy) is 1. The number of alkyl carbamates (subject to hydrolysis) is 1. The molecule has 1 aromatic carbocycles. The van der Waals surface area contributed by atoms with Gasteiger partial charge in [-0.3, -0.25) is 4.79 Å². The highest BCUT2D eigenvalue weighted by Crippen LogP contribution is 2.37.